The van der Waals surface area contributed by atoms with Gasteiger partial charge in [-0.05, 0) is 66.2 Å². The number of ether oxygens (including phenoxy) is 2. The van der Waals surface area contributed by atoms with Crippen molar-refractivity contribution >= 4 is 23.7 Å². The second kappa shape index (κ2) is 8.37. The fraction of sp³-hybridized carbons (Fsp3) is 0.526. The molecule has 0 aliphatic heterocycles. The SMILES string of the molecule is CCOC(=O)c1cc(NC(=O)C(C)(C)NC(=O)OC(C)(C)C)c(F)cc1C. The van der Waals surface area contributed by atoms with Gasteiger partial charge in [0.1, 0.15) is 17.0 Å². The summed E-state index contributed by atoms with van der Waals surface area (Å²) in [6.07, 6.45) is -0.778. The zero-order valence-corrected chi connectivity index (χ0v) is 16.8. The van der Waals surface area contributed by atoms with Crippen LogP contribution in [-0.4, -0.2) is 35.7 Å². The molecule has 0 saturated carbocycles. The van der Waals surface area contributed by atoms with Gasteiger partial charge in [0.25, 0.3) is 0 Å². The number of nitrogens with one attached hydrogen (secondary N) is 2. The fourth-order valence-corrected chi connectivity index (χ4v) is 2.09. The van der Waals surface area contributed by atoms with Crippen LogP contribution in [0.25, 0.3) is 0 Å². The topological polar surface area (TPSA) is 93.7 Å². The fourth-order valence-electron chi connectivity index (χ4n) is 2.09. The molecule has 7 nitrogen and oxygen atoms in total. The summed E-state index contributed by atoms with van der Waals surface area (Å²) in [6.45, 7) is 11.4. The molecular formula is C19H27FN2O5. The van der Waals surface area contributed by atoms with Crippen LogP contribution in [0.4, 0.5) is 14.9 Å². The van der Waals surface area contributed by atoms with E-state index in [4.69, 9.17) is 9.47 Å². The van der Waals surface area contributed by atoms with Crippen LogP contribution in [0.2, 0.25) is 0 Å². The average molecular weight is 382 g/mol. The van der Waals surface area contributed by atoms with E-state index >= 15 is 0 Å². The Morgan fingerprint density at radius 2 is 1.70 bits per heavy atom. The molecule has 2 N–H and O–H groups in total. The maximum atomic E-state index is 14.2. The largest absolute Gasteiger partial charge is 0.462 e. The zero-order valence-electron chi connectivity index (χ0n) is 16.8. The molecule has 2 amide bonds. The lowest BCUT2D eigenvalue weighted by Gasteiger charge is -2.27. The van der Waals surface area contributed by atoms with E-state index < -0.39 is 34.9 Å². The number of alkyl carbamates (subject to hydrolysis) is 1. The van der Waals surface area contributed by atoms with Gasteiger partial charge >= 0.3 is 12.1 Å². The minimum atomic E-state index is -1.39. The number of hydrogen-bond acceptors (Lipinski definition) is 5. The van der Waals surface area contributed by atoms with E-state index in [1.807, 2.05) is 0 Å². The molecule has 0 aromatic heterocycles. The Morgan fingerprint density at radius 1 is 1.11 bits per heavy atom. The van der Waals surface area contributed by atoms with Crippen molar-refractivity contribution in [2.75, 3.05) is 11.9 Å². The van der Waals surface area contributed by atoms with Crippen molar-refractivity contribution < 1.29 is 28.2 Å². The molecule has 150 valence electrons. The quantitative estimate of drug-likeness (QED) is 0.760. The number of aryl methyl sites for hydroxylation is 1. The molecule has 0 aliphatic rings. The summed E-state index contributed by atoms with van der Waals surface area (Å²) in [5.41, 5.74) is -1.77. The van der Waals surface area contributed by atoms with Crippen LogP contribution in [0, 0.1) is 12.7 Å². The normalized spacial score (nSPS) is 11.6. The molecule has 0 bridgehead atoms. The first-order valence-corrected chi connectivity index (χ1v) is 8.56. The van der Waals surface area contributed by atoms with Crippen LogP contribution < -0.4 is 10.6 Å². The number of hydrogen-bond donors (Lipinski definition) is 2. The molecular weight excluding hydrogens is 355 g/mol. The van der Waals surface area contributed by atoms with Crippen LogP contribution in [0.3, 0.4) is 0 Å². The molecule has 1 aromatic rings. The number of esters is 1. The number of rotatable bonds is 5. The van der Waals surface area contributed by atoms with Crippen LogP contribution >= 0.6 is 0 Å². The van der Waals surface area contributed by atoms with E-state index in [9.17, 15) is 18.8 Å². The second-order valence-electron chi connectivity index (χ2n) is 7.57. The van der Waals surface area contributed by atoms with Gasteiger partial charge < -0.3 is 20.1 Å². The molecule has 1 aromatic carbocycles. The van der Waals surface area contributed by atoms with E-state index in [2.05, 4.69) is 10.6 Å². The number of benzene rings is 1. The number of carbonyl (C=O) groups excluding carboxylic acids is 3. The molecule has 1 rings (SSSR count). The Balaban J connectivity index is 2.99. The molecule has 0 fully saturated rings. The van der Waals surface area contributed by atoms with Gasteiger partial charge in [0.05, 0.1) is 17.9 Å². The Labute approximate surface area is 158 Å². The van der Waals surface area contributed by atoms with E-state index in [0.29, 0.717) is 5.56 Å². The first-order chi connectivity index (χ1) is 12.3. The Bertz CT molecular complexity index is 738. The molecule has 0 saturated heterocycles. The Kier molecular flexibility index (Phi) is 6.94. The predicted octanol–water partition coefficient (Wildman–Crippen LogP) is 3.55. The number of anilines is 1. The van der Waals surface area contributed by atoms with Crippen molar-refractivity contribution in [3.05, 3.63) is 29.1 Å². The number of amides is 2. The van der Waals surface area contributed by atoms with Crippen molar-refractivity contribution in [2.45, 2.75) is 59.6 Å². The van der Waals surface area contributed by atoms with Crippen molar-refractivity contribution in [1.82, 2.24) is 5.32 Å². The smallest absolute Gasteiger partial charge is 0.408 e. The molecule has 0 atom stereocenters. The van der Waals surface area contributed by atoms with Crippen LogP contribution in [0.1, 0.15) is 57.5 Å². The summed E-state index contributed by atoms with van der Waals surface area (Å²) >= 11 is 0. The van der Waals surface area contributed by atoms with Gasteiger partial charge in [-0.15, -0.1) is 0 Å². The molecule has 0 spiro atoms. The van der Waals surface area contributed by atoms with Gasteiger partial charge in [0.2, 0.25) is 5.91 Å². The maximum absolute atomic E-state index is 14.2. The Morgan fingerprint density at radius 3 is 2.22 bits per heavy atom. The highest BCUT2D eigenvalue weighted by atomic mass is 19.1. The highest BCUT2D eigenvalue weighted by Crippen LogP contribution is 2.22. The lowest BCUT2D eigenvalue weighted by molar-refractivity contribution is -0.121. The van der Waals surface area contributed by atoms with Gasteiger partial charge in [-0.25, -0.2) is 14.0 Å². The summed E-state index contributed by atoms with van der Waals surface area (Å²) in [5.74, 6) is -2.00. The molecule has 0 heterocycles. The third-order valence-electron chi connectivity index (χ3n) is 3.44. The second-order valence-corrected chi connectivity index (χ2v) is 7.57. The highest BCUT2D eigenvalue weighted by Gasteiger charge is 2.32. The third-order valence-corrected chi connectivity index (χ3v) is 3.44. The van der Waals surface area contributed by atoms with E-state index in [1.165, 1.54) is 19.9 Å². The first kappa shape index (κ1) is 22.4. The minimum absolute atomic E-state index is 0.145. The molecule has 0 radical (unpaired) electrons. The minimum Gasteiger partial charge on any atom is -0.462 e. The standard InChI is InChI=1S/C19H27FN2O5/c1-8-26-15(23)12-10-14(13(20)9-11(12)2)21-16(24)19(6,7)22-17(25)27-18(3,4)5/h9-10H,8H2,1-7H3,(H,21,24)(H,22,25). The van der Waals surface area contributed by atoms with E-state index in [1.54, 1.807) is 34.6 Å². The molecule has 0 aliphatic carbocycles. The average Bonchev–Trinajstić information content (AvgIpc) is 2.47. The third kappa shape index (κ3) is 6.54. The van der Waals surface area contributed by atoms with Gasteiger partial charge in [-0.1, -0.05) is 0 Å². The number of carbonyl (C=O) groups is 3. The van der Waals surface area contributed by atoms with Gasteiger partial charge in [0, 0.05) is 0 Å². The summed E-state index contributed by atoms with van der Waals surface area (Å²) < 4.78 is 24.3. The lowest BCUT2D eigenvalue weighted by Crippen LogP contribution is -2.53. The highest BCUT2D eigenvalue weighted by molar-refractivity contribution is 6.00. The van der Waals surface area contributed by atoms with Gasteiger partial charge in [-0.3, -0.25) is 4.79 Å². The molecule has 27 heavy (non-hydrogen) atoms. The van der Waals surface area contributed by atoms with Crippen LogP contribution in [0.5, 0.6) is 0 Å². The van der Waals surface area contributed by atoms with Gasteiger partial charge in [-0.2, -0.15) is 0 Å². The first-order valence-electron chi connectivity index (χ1n) is 8.56. The van der Waals surface area contributed by atoms with Crippen molar-refractivity contribution in [2.24, 2.45) is 0 Å². The number of halogens is 1. The van der Waals surface area contributed by atoms with Crippen molar-refractivity contribution in [1.29, 1.82) is 0 Å². The monoisotopic (exact) mass is 382 g/mol. The summed E-state index contributed by atoms with van der Waals surface area (Å²) in [7, 11) is 0. The van der Waals surface area contributed by atoms with Crippen molar-refractivity contribution in [3.8, 4) is 0 Å². The van der Waals surface area contributed by atoms with Crippen molar-refractivity contribution in [3.63, 3.8) is 0 Å². The molecule has 0 unspecified atom stereocenters. The lowest BCUT2D eigenvalue weighted by atomic mass is 10.0. The predicted molar refractivity (Wildman–Crippen MR) is 99.2 cm³/mol. The van der Waals surface area contributed by atoms with E-state index in [-0.39, 0.29) is 17.9 Å². The molecule has 8 heteroatoms. The summed E-state index contributed by atoms with van der Waals surface area (Å²) in [4.78, 5) is 36.4. The Hall–Kier alpha value is -2.64. The van der Waals surface area contributed by atoms with Gasteiger partial charge in [0.15, 0.2) is 0 Å². The van der Waals surface area contributed by atoms with Crippen LogP contribution in [0.15, 0.2) is 12.1 Å². The van der Waals surface area contributed by atoms with Crippen LogP contribution in [-0.2, 0) is 14.3 Å². The summed E-state index contributed by atoms with van der Waals surface area (Å²) in [5, 5.41) is 4.83. The summed E-state index contributed by atoms with van der Waals surface area (Å²) in [6, 6.07) is 2.35. The maximum Gasteiger partial charge on any atom is 0.408 e. The zero-order chi connectivity index (χ0) is 21.0. The van der Waals surface area contributed by atoms with E-state index in [0.717, 1.165) is 6.07 Å².